The fourth-order valence-electron chi connectivity index (χ4n) is 1.95. The topological polar surface area (TPSA) is 63.8 Å². The SMILES string of the molecule is Cc1ccnc(Nc2ccc3cc(N)ccc3n2)c1. The fraction of sp³-hybridized carbons (Fsp3) is 0.0667. The number of hydrogen-bond donors (Lipinski definition) is 2. The van der Waals surface area contributed by atoms with Gasteiger partial charge < -0.3 is 11.1 Å². The molecule has 0 unspecified atom stereocenters. The first-order valence-corrected chi connectivity index (χ1v) is 6.07. The molecule has 2 aromatic heterocycles. The quantitative estimate of drug-likeness (QED) is 0.685. The Kier molecular flexibility index (Phi) is 2.76. The fourth-order valence-corrected chi connectivity index (χ4v) is 1.95. The molecule has 3 aromatic rings. The predicted molar refractivity (Wildman–Crippen MR) is 78.4 cm³/mol. The van der Waals surface area contributed by atoms with Gasteiger partial charge in [0.1, 0.15) is 11.6 Å². The van der Waals surface area contributed by atoms with Gasteiger partial charge in [-0.1, -0.05) is 0 Å². The highest BCUT2D eigenvalue weighted by atomic mass is 15.0. The van der Waals surface area contributed by atoms with Crippen LogP contribution in [0.4, 0.5) is 17.3 Å². The van der Waals surface area contributed by atoms with Crippen LogP contribution >= 0.6 is 0 Å². The molecule has 3 rings (SSSR count). The Labute approximate surface area is 111 Å². The first kappa shape index (κ1) is 11.5. The third kappa shape index (κ3) is 2.47. The van der Waals surface area contributed by atoms with Gasteiger partial charge in [0, 0.05) is 17.3 Å². The molecule has 94 valence electrons. The lowest BCUT2D eigenvalue weighted by atomic mass is 10.2. The van der Waals surface area contributed by atoms with Crippen molar-refractivity contribution in [2.45, 2.75) is 6.92 Å². The second-order valence-corrected chi connectivity index (χ2v) is 4.49. The Bertz CT molecular complexity index is 737. The van der Waals surface area contributed by atoms with Crippen molar-refractivity contribution in [2.75, 3.05) is 11.1 Å². The first-order valence-electron chi connectivity index (χ1n) is 6.07. The second-order valence-electron chi connectivity index (χ2n) is 4.49. The smallest absolute Gasteiger partial charge is 0.132 e. The summed E-state index contributed by atoms with van der Waals surface area (Å²) in [5.41, 5.74) is 8.56. The Hall–Kier alpha value is -2.62. The highest BCUT2D eigenvalue weighted by molar-refractivity contribution is 5.83. The third-order valence-corrected chi connectivity index (χ3v) is 2.88. The molecule has 0 bridgehead atoms. The lowest BCUT2D eigenvalue weighted by Gasteiger charge is -2.06. The van der Waals surface area contributed by atoms with Crippen molar-refractivity contribution >= 4 is 28.2 Å². The number of pyridine rings is 2. The van der Waals surface area contributed by atoms with Crippen LogP contribution in [-0.2, 0) is 0 Å². The molecule has 0 spiro atoms. The second kappa shape index (κ2) is 4.57. The summed E-state index contributed by atoms with van der Waals surface area (Å²) >= 11 is 0. The van der Waals surface area contributed by atoms with Gasteiger partial charge in [-0.2, -0.15) is 0 Å². The summed E-state index contributed by atoms with van der Waals surface area (Å²) in [7, 11) is 0. The van der Waals surface area contributed by atoms with Crippen molar-refractivity contribution in [1.82, 2.24) is 9.97 Å². The van der Waals surface area contributed by atoms with Crippen LogP contribution in [0.2, 0.25) is 0 Å². The number of aryl methyl sites for hydroxylation is 1. The van der Waals surface area contributed by atoms with Crippen LogP contribution in [0.1, 0.15) is 5.56 Å². The van der Waals surface area contributed by atoms with Gasteiger partial charge in [0.15, 0.2) is 0 Å². The number of nitrogen functional groups attached to an aromatic ring is 1. The van der Waals surface area contributed by atoms with Crippen LogP contribution in [0, 0.1) is 6.92 Å². The summed E-state index contributed by atoms with van der Waals surface area (Å²) in [6, 6.07) is 13.5. The summed E-state index contributed by atoms with van der Waals surface area (Å²) in [5, 5.41) is 4.23. The Morgan fingerprint density at radius 1 is 1.00 bits per heavy atom. The molecule has 19 heavy (non-hydrogen) atoms. The average molecular weight is 250 g/mol. The van der Waals surface area contributed by atoms with Gasteiger partial charge in [-0.3, -0.25) is 0 Å². The standard InChI is InChI=1S/C15H14N4/c1-10-6-7-17-15(8-10)19-14-5-2-11-9-12(16)3-4-13(11)18-14/h2-9H,16H2,1H3,(H,17,18,19). The van der Waals surface area contributed by atoms with Gasteiger partial charge in [-0.05, 0) is 55.0 Å². The predicted octanol–water partition coefficient (Wildman–Crippen LogP) is 3.26. The van der Waals surface area contributed by atoms with Crippen LogP contribution in [0.5, 0.6) is 0 Å². The molecular formula is C15H14N4. The lowest BCUT2D eigenvalue weighted by Crippen LogP contribution is -1.96. The van der Waals surface area contributed by atoms with Crippen LogP contribution in [-0.4, -0.2) is 9.97 Å². The maximum Gasteiger partial charge on any atom is 0.132 e. The van der Waals surface area contributed by atoms with Gasteiger partial charge in [0.25, 0.3) is 0 Å². The van der Waals surface area contributed by atoms with E-state index in [-0.39, 0.29) is 0 Å². The monoisotopic (exact) mass is 250 g/mol. The normalized spacial score (nSPS) is 10.6. The van der Waals surface area contributed by atoms with E-state index in [1.807, 2.05) is 49.4 Å². The summed E-state index contributed by atoms with van der Waals surface area (Å²) < 4.78 is 0. The third-order valence-electron chi connectivity index (χ3n) is 2.88. The number of nitrogens with two attached hydrogens (primary N) is 1. The highest BCUT2D eigenvalue weighted by Gasteiger charge is 2.00. The largest absolute Gasteiger partial charge is 0.399 e. The van der Waals surface area contributed by atoms with E-state index in [0.29, 0.717) is 0 Å². The Balaban J connectivity index is 1.95. The number of benzene rings is 1. The summed E-state index contributed by atoms with van der Waals surface area (Å²) in [4.78, 5) is 8.79. The van der Waals surface area contributed by atoms with E-state index in [9.17, 15) is 0 Å². The minimum absolute atomic E-state index is 0.746. The number of hydrogen-bond acceptors (Lipinski definition) is 4. The number of nitrogens with zero attached hydrogens (tertiary/aromatic N) is 2. The summed E-state index contributed by atoms with van der Waals surface area (Å²) in [6.07, 6.45) is 1.78. The van der Waals surface area contributed by atoms with E-state index in [2.05, 4.69) is 15.3 Å². The molecule has 4 heteroatoms. The molecule has 1 aromatic carbocycles. The van der Waals surface area contributed by atoms with Crippen LogP contribution in [0.25, 0.3) is 10.9 Å². The summed E-state index contributed by atoms with van der Waals surface area (Å²) in [6.45, 7) is 2.03. The maximum atomic E-state index is 5.75. The molecule has 0 aliphatic rings. The zero-order chi connectivity index (χ0) is 13.2. The van der Waals surface area contributed by atoms with Gasteiger partial charge in [-0.15, -0.1) is 0 Å². The molecule has 0 radical (unpaired) electrons. The number of nitrogens with one attached hydrogen (secondary N) is 1. The van der Waals surface area contributed by atoms with Crippen molar-refractivity contribution in [3.8, 4) is 0 Å². The molecule has 0 atom stereocenters. The van der Waals surface area contributed by atoms with Crippen LogP contribution < -0.4 is 11.1 Å². The number of fused-ring (bicyclic) bond motifs is 1. The molecule has 3 N–H and O–H groups in total. The Morgan fingerprint density at radius 2 is 1.89 bits per heavy atom. The molecule has 0 saturated carbocycles. The van der Waals surface area contributed by atoms with Crippen molar-refractivity contribution in [3.05, 3.63) is 54.2 Å². The van der Waals surface area contributed by atoms with Gasteiger partial charge in [0.2, 0.25) is 0 Å². The first-order chi connectivity index (χ1) is 9.20. The van der Waals surface area contributed by atoms with Gasteiger partial charge in [-0.25, -0.2) is 9.97 Å². The van der Waals surface area contributed by atoms with E-state index < -0.39 is 0 Å². The van der Waals surface area contributed by atoms with E-state index in [4.69, 9.17) is 5.73 Å². The molecule has 0 aliphatic carbocycles. The zero-order valence-corrected chi connectivity index (χ0v) is 10.6. The summed E-state index contributed by atoms with van der Waals surface area (Å²) in [5.74, 6) is 1.57. The molecule has 2 heterocycles. The van der Waals surface area contributed by atoms with Crippen molar-refractivity contribution in [2.24, 2.45) is 0 Å². The van der Waals surface area contributed by atoms with E-state index in [1.165, 1.54) is 0 Å². The van der Waals surface area contributed by atoms with Crippen molar-refractivity contribution in [3.63, 3.8) is 0 Å². The van der Waals surface area contributed by atoms with Crippen molar-refractivity contribution in [1.29, 1.82) is 0 Å². The zero-order valence-electron chi connectivity index (χ0n) is 10.6. The van der Waals surface area contributed by atoms with E-state index in [0.717, 1.165) is 33.8 Å². The minimum atomic E-state index is 0.746. The molecule has 0 amide bonds. The lowest BCUT2D eigenvalue weighted by molar-refractivity contribution is 1.25. The molecule has 4 nitrogen and oxygen atoms in total. The highest BCUT2D eigenvalue weighted by Crippen LogP contribution is 2.20. The number of anilines is 3. The van der Waals surface area contributed by atoms with E-state index in [1.54, 1.807) is 6.20 Å². The average Bonchev–Trinajstić information content (AvgIpc) is 2.39. The number of rotatable bonds is 2. The minimum Gasteiger partial charge on any atom is -0.399 e. The molecule has 0 fully saturated rings. The van der Waals surface area contributed by atoms with Gasteiger partial charge in [0.05, 0.1) is 5.52 Å². The van der Waals surface area contributed by atoms with E-state index >= 15 is 0 Å². The van der Waals surface area contributed by atoms with Crippen LogP contribution in [0.3, 0.4) is 0 Å². The molecular weight excluding hydrogens is 236 g/mol. The number of aromatic nitrogens is 2. The van der Waals surface area contributed by atoms with Crippen LogP contribution in [0.15, 0.2) is 48.7 Å². The molecule has 0 aliphatic heterocycles. The van der Waals surface area contributed by atoms with Gasteiger partial charge >= 0.3 is 0 Å². The van der Waals surface area contributed by atoms with Crippen molar-refractivity contribution < 1.29 is 0 Å². The maximum absolute atomic E-state index is 5.75. The Morgan fingerprint density at radius 3 is 2.74 bits per heavy atom. The molecule has 0 saturated heterocycles.